The molecule has 1 heterocycles. The molecule has 0 aliphatic rings. The van der Waals surface area contributed by atoms with Crippen molar-refractivity contribution in [3.8, 4) is 5.69 Å². The molecule has 17 heavy (non-hydrogen) atoms. The minimum Gasteiger partial charge on any atom is -0.477 e. The summed E-state index contributed by atoms with van der Waals surface area (Å²) >= 11 is 17.8. The van der Waals surface area contributed by atoms with Crippen molar-refractivity contribution in [2.75, 3.05) is 0 Å². The minimum atomic E-state index is -1.10. The molecule has 0 saturated carbocycles. The maximum atomic E-state index is 11.1. The fourth-order valence-electron chi connectivity index (χ4n) is 1.50. The van der Waals surface area contributed by atoms with Gasteiger partial charge < -0.3 is 9.67 Å². The number of benzene rings is 1. The van der Waals surface area contributed by atoms with E-state index < -0.39 is 5.97 Å². The van der Waals surface area contributed by atoms with Crippen LogP contribution in [0.15, 0.2) is 30.5 Å². The van der Waals surface area contributed by atoms with Gasteiger partial charge in [0.15, 0.2) is 0 Å². The van der Waals surface area contributed by atoms with Crippen LogP contribution >= 0.6 is 34.8 Å². The summed E-state index contributed by atoms with van der Waals surface area (Å²) in [7, 11) is 0. The zero-order valence-electron chi connectivity index (χ0n) is 8.32. The Bertz CT molecular complexity index is 572. The summed E-state index contributed by atoms with van der Waals surface area (Å²) in [6.07, 6.45) is 1.46. The number of nitrogens with zero attached hydrogens (tertiary/aromatic N) is 1. The second kappa shape index (κ2) is 4.61. The molecule has 0 amide bonds. The number of rotatable bonds is 2. The number of aromatic carboxylic acids is 1. The fourth-order valence-corrected chi connectivity index (χ4v) is 2.28. The van der Waals surface area contributed by atoms with Gasteiger partial charge in [-0.1, -0.05) is 40.9 Å². The Kier molecular flexibility index (Phi) is 3.33. The first kappa shape index (κ1) is 12.3. The Labute approximate surface area is 112 Å². The molecule has 0 bridgehead atoms. The molecule has 0 fully saturated rings. The van der Waals surface area contributed by atoms with Gasteiger partial charge in [-0.3, -0.25) is 0 Å². The Morgan fingerprint density at radius 2 is 1.76 bits per heavy atom. The number of carboxylic acid groups (broad SMARTS) is 1. The molecular weight excluding hydrogens is 284 g/mol. The second-order valence-electron chi connectivity index (χ2n) is 3.29. The van der Waals surface area contributed by atoms with Crippen molar-refractivity contribution in [3.05, 3.63) is 51.2 Å². The van der Waals surface area contributed by atoms with Gasteiger partial charge in [-0.15, -0.1) is 0 Å². The monoisotopic (exact) mass is 289 g/mol. The lowest BCUT2D eigenvalue weighted by molar-refractivity contribution is 0.0688. The normalized spacial score (nSPS) is 10.5. The molecule has 6 heteroatoms. The number of hydrogen-bond acceptors (Lipinski definition) is 1. The zero-order chi connectivity index (χ0) is 12.6. The number of carbonyl (C=O) groups is 1. The van der Waals surface area contributed by atoms with Gasteiger partial charge in [-0.05, 0) is 18.2 Å². The van der Waals surface area contributed by atoms with Gasteiger partial charge in [0.1, 0.15) is 5.69 Å². The highest BCUT2D eigenvalue weighted by molar-refractivity contribution is 6.38. The highest BCUT2D eigenvalue weighted by Crippen LogP contribution is 2.31. The number of hydrogen-bond donors (Lipinski definition) is 1. The number of carboxylic acids is 1. The average molecular weight is 291 g/mol. The van der Waals surface area contributed by atoms with Crippen LogP contribution in [0.1, 0.15) is 10.5 Å². The molecule has 0 aliphatic carbocycles. The summed E-state index contributed by atoms with van der Waals surface area (Å²) in [5.74, 6) is -1.10. The van der Waals surface area contributed by atoms with Crippen LogP contribution < -0.4 is 0 Å². The van der Waals surface area contributed by atoms with E-state index in [9.17, 15) is 4.79 Å². The van der Waals surface area contributed by atoms with E-state index in [4.69, 9.17) is 39.9 Å². The molecule has 0 atom stereocenters. The Balaban J connectivity index is 2.72. The predicted octanol–water partition coefficient (Wildman–Crippen LogP) is 4.14. The summed E-state index contributed by atoms with van der Waals surface area (Å²) < 4.78 is 1.36. The van der Waals surface area contributed by atoms with Gasteiger partial charge in [0.05, 0.1) is 20.8 Å². The van der Waals surface area contributed by atoms with Crippen LogP contribution in [0.25, 0.3) is 5.69 Å². The van der Waals surface area contributed by atoms with E-state index in [-0.39, 0.29) is 5.69 Å². The molecule has 88 valence electrons. The van der Waals surface area contributed by atoms with Gasteiger partial charge in [-0.2, -0.15) is 0 Å². The Morgan fingerprint density at radius 3 is 2.29 bits per heavy atom. The largest absolute Gasteiger partial charge is 0.477 e. The van der Waals surface area contributed by atoms with Crippen LogP contribution in [0, 0.1) is 0 Å². The van der Waals surface area contributed by atoms with Crippen molar-refractivity contribution in [3.63, 3.8) is 0 Å². The lowest BCUT2D eigenvalue weighted by Crippen LogP contribution is -2.06. The molecule has 1 aromatic carbocycles. The highest BCUT2D eigenvalue weighted by atomic mass is 35.5. The van der Waals surface area contributed by atoms with Crippen LogP contribution in [0.3, 0.4) is 0 Å². The van der Waals surface area contributed by atoms with Crippen LogP contribution in [0.4, 0.5) is 0 Å². The van der Waals surface area contributed by atoms with Gasteiger partial charge in [-0.25, -0.2) is 4.79 Å². The van der Waals surface area contributed by atoms with E-state index >= 15 is 0 Å². The van der Waals surface area contributed by atoms with Crippen molar-refractivity contribution < 1.29 is 9.90 Å². The van der Waals surface area contributed by atoms with Crippen molar-refractivity contribution >= 4 is 40.8 Å². The maximum absolute atomic E-state index is 11.1. The third kappa shape index (κ3) is 2.27. The van der Waals surface area contributed by atoms with Crippen molar-refractivity contribution in [1.82, 2.24) is 4.57 Å². The summed E-state index contributed by atoms with van der Waals surface area (Å²) in [6, 6.07) is 6.27. The van der Waals surface area contributed by atoms with E-state index in [2.05, 4.69) is 0 Å². The van der Waals surface area contributed by atoms with Gasteiger partial charge in [0.2, 0.25) is 0 Å². The molecule has 0 radical (unpaired) electrons. The Hall–Kier alpha value is -1.16. The van der Waals surface area contributed by atoms with E-state index in [0.717, 1.165) is 0 Å². The number of aromatic nitrogens is 1. The Morgan fingerprint density at radius 1 is 1.18 bits per heavy atom. The first-order chi connectivity index (χ1) is 8.00. The molecule has 0 aliphatic heterocycles. The van der Waals surface area contributed by atoms with Gasteiger partial charge in [0.25, 0.3) is 0 Å². The lowest BCUT2D eigenvalue weighted by atomic mass is 10.3. The SMILES string of the molecule is O=C(O)c1cc(Cl)cn1-c1c(Cl)cccc1Cl. The number of para-hydroxylation sites is 1. The topological polar surface area (TPSA) is 42.2 Å². The highest BCUT2D eigenvalue weighted by Gasteiger charge is 2.17. The third-order valence-corrected chi connectivity index (χ3v) is 3.00. The molecular formula is C11H6Cl3NO2. The van der Waals surface area contributed by atoms with E-state index in [1.165, 1.54) is 16.8 Å². The zero-order valence-corrected chi connectivity index (χ0v) is 10.6. The van der Waals surface area contributed by atoms with Crippen LogP contribution in [-0.4, -0.2) is 15.6 Å². The molecule has 0 unspecified atom stereocenters. The molecule has 0 spiro atoms. The molecule has 1 aromatic heterocycles. The third-order valence-electron chi connectivity index (χ3n) is 2.18. The van der Waals surface area contributed by atoms with Gasteiger partial charge in [0, 0.05) is 6.20 Å². The van der Waals surface area contributed by atoms with E-state index in [0.29, 0.717) is 20.8 Å². The minimum absolute atomic E-state index is 0.00463. The standard InChI is InChI=1S/C11H6Cl3NO2/c12-6-4-9(11(16)17)15(5-6)10-7(13)2-1-3-8(10)14/h1-5H,(H,16,17). The summed E-state index contributed by atoms with van der Waals surface area (Å²) in [4.78, 5) is 11.1. The smallest absolute Gasteiger partial charge is 0.352 e. The van der Waals surface area contributed by atoms with Crippen LogP contribution in [0.2, 0.25) is 15.1 Å². The quantitative estimate of drug-likeness (QED) is 0.903. The molecule has 2 rings (SSSR count). The summed E-state index contributed by atoms with van der Waals surface area (Å²) in [5, 5.41) is 10.1. The van der Waals surface area contributed by atoms with Crippen molar-refractivity contribution in [2.24, 2.45) is 0 Å². The van der Waals surface area contributed by atoms with Crippen LogP contribution in [0.5, 0.6) is 0 Å². The first-order valence-corrected chi connectivity index (χ1v) is 5.69. The first-order valence-electron chi connectivity index (χ1n) is 4.56. The maximum Gasteiger partial charge on any atom is 0.352 e. The van der Waals surface area contributed by atoms with Crippen LogP contribution in [-0.2, 0) is 0 Å². The molecule has 2 aromatic rings. The summed E-state index contributed by atoms with van der Waals surface area (Å²) in [6.45, 7) is 0. The van der Waals surface area contributed by atoms with Crippen molar-refractivity contribution in [1.29, 1.82) is 0 Å². The van der Waals surface area contributed by atoms with Crippen molar-refractivity contribution in [2.45, 2.75) is 0 Å². The fraction of sp³-hybridized carbons (Fsp3) is 0. The second-order valence-corrected chi connectivity index (χ2v) is 4.54. The van der Waals surface area contributed by atoms with E-state index in [1.807, 2.05) is 0 Å². The average Bonchev–Trinajstić information content (AvgIpc) is 2.60. The van der Waals surface area contributed by atoms with E-state index in [1.54, 1.807) is 18.2 Å². The molecule has 1 N–H and O–H groups in total. The van der Waals surface area contributed by atoms with Gasteiger partial charge >= 0.3 is 5.97 Å². The summed E-state index contributed by atoms with van der Waals surface area (Å²) in [5.41, 5.74) is 0.408. The predicted molar refractivity (Wildman–Crippen MR) is 67.8 cm³/mol. The number of halogens is 3. The lowest BCUT2D eigenvalue weighted by Gasteiger charge is -2.10. The molecule has 0 saturated heterocycles. The molecule has 3 nitrogen and oxygen atoms in total.